The summed E-state index contributed by atoms with van der Waals surface area (Å²) in [4.78, 5) is 16.8. The lowest BCUT2D eigenvalue weighted by Gasteiger charge is -2.26. The van der Waals surface area contributed by atoms with Gasteiger partial charge in [0.05, 0.1) is 23.9 Å². The number of fused-ring (bicyclic) bond motifs is 1. The SMILES string of the molecule is O=C(N[C@@H]1CCOc2ccccc21)c1ccc(OCc2cscn2)cc1. The summed E-state index contributed by atoms with van der Waals surface area (Å²) >= 11 is 1.54. The van der Waals surface area contributed by atoms with Crippen molar-refractivity contribution in [2.24, 2.45) is 0 Å². The Morgan fingerprint density at radius 2 is 2.08 bits per heavy atom. The lowest BCUT2D eigenvalue weighted by molar-refractivity contribution is 0.0924. The number of rotatable bonds is 5. The molecule has 3 aromatic rings. The van der Waals surface area contributed by atoms with Crippen molar-refractivity contribution in [2.75, 3.05) is 6.61 Å². The summed E-state index contributed by atoms with van der Waals surface area (Å²) < 4.78 is 11.3. The molecule has 0 unspecified atom stereocenters. The van der Waals surface area contributed by atoms with Crippen LogP contribution in [0.4, 0.5) is 0 Å². The molecule has 1 aliphatic rings. The molecule has 1 amide bonds. The molecule has 0 spiro atoms. The monoisotopic (exact) mass is 366 g/mol. The van der Waals surface area contributed by atoms with Crippen molar-refractivity contribution < 1.29 is 14.3 Å². The first-order valence-electron chi connectivity index (χ1n) is 8.42. The van der Waals surface area contributed by atoms with Crippen LogP contribution >= 0.6 is 11.3 Å². The summed E-state index contributed by atoms with van der Waals surface area (Å²) in [5.41, 5.74) is 4.31. The fourth-order valence-electron chi connectivity index (χ4n) is 2.90. The zero-order valence-electron chi connectivity index (χ0n) is 14.1. The second-order valence-corrected chi connectivity index (χ2v) is 6.71. The molecule has 2 heterocycles. The van der Waals surface area contributed by atoms with E-state index in [-0.39, 0.29) is 11.9 Å². The second-order valence-electron chi connectivity index (χ2n) is 5.99. The number of hydrogen-bond donors (Lipinski definition) is 1. The van der Waals surface area contributed by atoms with Crippen LogP contribution < -0.4 is 14.8 Å². The molecular formula is C20H18N2O3S. The summed E-state index contributed by atoms with van der Waals surface area (Å²) in [6.45, 7) is 1.03. The van der Waals surface area contributed by atoms with E-state index in [4.69, 9.17) is 9.47 Å². The van der Waals surface area contributed by atoms with Crippen molar-refractivity contribution in [3.8, 4) is 11.5 Å². The van der Waals surface area contributed by atoms with Gasteiger partial charge in [0.15, 0.2) is 0 Å². The molecule has 0 aliphatic carbocycles. The smallest absolute Gasteiger partial charge is 0.251 e. The summed E-state index contributed by atoms with van der Waals surface area (Å²) in [6.07, 6.45) is 0.761. The van der Waals surface area contributed by atoms with E-state index < -0.39 is 0 Å². The molecule has 0 radical (unpaired) electrons. The van der Waals surface area contributed by atoms with Crippen molar-refractivity contribution in [1.29, 1.82) is 0 Å². The lowest BCUT2D eigenvalue weighted by atomic mass is 10.00. The zero-order valence-corrected chi connectivity index (χ0v) is 14.9. The van der Waals surface area contributed by atoms with Gasteiger partial charge in [0.2, 0.25) is 0 Å². The Hall–Kier alpha value is -2.86. The van der Waals surface area contributed by atoms with Crippen molar-refractivity contribution in [1.82, 2.24) is 10.3 Å². The fraction of sp³-hybridized carbons (Fsp3) is 0.200. The van der Waals surface area contributed by atoms with Gasteiger partial charge in [-0.2, -0.15) is 0 Å². The number of nitrogens with zero attached hydrogens (tertiary/aromatic N) is 1. The van der Waals surface area contributed by atoms with Crippen LogP contribution in [0, 0.1) is 0 Å². The summed E-state index contributed by atoms with van der Waals surface area (Å²) in [7, 11) is 0. The number of aromatic nitrogens is 1. The van der Waals surface area contributed by atoms with Gasteiger partial charge in [-0.15, -0.1) is 11.3 Å². The molecule has 5 nitrogen and oxygen atoms in total. The number of nitrogens with one attached hydrogen (secondary N) is 1. The quantitative estimate of drug-likeness (QED) is 0.742. The first-order valence-corrected chi connectivity index (χ1v) is 9.36. The van der Waals surface area contributed by atoms with Crippen LogP contribution in [0.15, 0.2) is 59.4 Å². The second kappa shape index (κ2) is 7.58. The topological polar surface area (TPSA) is 60.5 Å². The van der Waals surface area contributed by atoms with E-state index in [2.05, 4.69) is 10.3 Å². The predicted octanol–water partition coefficient (Wildman–Crippen LogP) is 3.98. The average Bonchev–Trinajstić information content (AvgIpc) is 3.21. The van der Waals surface area contributed by atoms with E-state index in [1.165, 1.54) is 11.3 Å². The minimum absolute atomic E-state index is 0.0342. The van der Waals surface area contributed by atoms with Gasteiger partial charge in [0, 0.05) is 22.9 Å². The first-order chi connectivity index (χ1) is 12.8. The molecule has 0 saturated carbocycles. The number of ether oxygens (including phenoxy) is 2. The molecule has 1 atom stereocenters. The molecule has 4 rings (SSSR count). The van der Waals surface area contributed by atoms with Crippen molar-refractivity contribution in [3.63, 3.8) is 0 Å². The molecule has 0 fully saturated rings. The average molecular weight is 366 g/mol. The van der Waals surface area contributed by atoms with Gasteiger partial charge >= 0.3 is 0 Å². The van der Waals surface area contributed by atoms with E-state index in [1.807, 2.05) is 29.6 Å². The van der Waals surface area contributed by atoms with E-state index in [0.29, 0.717) is 24.5 Å². The van der Waals surface area contributed by atoms with Gasteiger partial charge in [0.1, 0.15) is 18.1 Å². The molecule has 132 valence electrons. The highest BCUT2D eigenvalue weighted by Crippen LogP contribution is 2.31. The normalized spacial score (nSPS) is 15.6. The molecule has 1 aliphatic heterocycles. The number of para-hydroxylation sites is 1. The van der Waals surface area contributed by atoms with Gasteiger partial charge in [-0.3, -0.25) is 4.79 Å². The van der Waals surface area contributed by atoms with Gasteiger partial charge in [-0.25, -0.2) is 4.98 Å². The predicted molar refractivity (Wildman–Crippen MR) is 99.6 cm³/mol. The number of carbonyl (C=O) groups is 1. The highest BCUT2D eigenvalue weighted by molar-refractivity contribution is 7.07. The standard InChI is InChI=1S/C20H18N2O3S/c23-20(22-18-9-10-24-19-4-2-1-3-17(18)19)14-5-7-16(8-6-14)25-11-15-12-26-13-21-15/h1-8,12-13,18H,9-11H2,(H,22,23)/t18-/m1/s1. The maximum atomic E-state index is 12.6. The zero-order chi connectivity index (χ0) is 17.8. The minimum atomic E-state index is -0.0993. The molecule has 0 saturated heterocycles. The third kappa shape index (κ3) is 3.70. The Kier molecular flexibility index (Phi) is 4.84. The number of benzene rings is 2. The van der Waals surface area contributed by atoms with Gasteiger partial charge < -0.3 is 14.8 Å². The van der Waals surface area contributed by atoms with Crippen LogP contribution in [0.2, 0.25) is 0 Å². The maximum Gasteiger partial charge on any atom is 0.251 e. The van der Waals surface area contributed by atoms with Crippen LogP contribution in [0.5, 0.6) is 11.5 Å². The summed E-state index contributed by atoms with van der Waals surface area (Å²) in [6, 6.07) is 14.9. The number of carbonyl (C=O) groups excluding carboxylic acids is 1. The molecule has 1 N–H and O–H groups in total. The van der Waals surface area contributed by atoms with E-state index in [9.17, 15) is 4.79 Å². The van der Waals surface area contributed by atoms with Crippen LogP contribution in [0.25, 0.3) is 0 Å². The third-order valence-corrected chi connectivity index (χ3v) is 4.89. The lowest BCUT2D eigenvalue weighted by Crippen LogP contribution is -2.32. The van der Waals surface area contributed by atoms with Crippen molar-refractivity contribution in [2.45, 2.75) is 19.1 Å². The minimum Gasteiger partial charge on any atom is -0.493 e. The molecule has 1 aromatic heterocycles. The summed E-state index contributed by atoms with van der Waals surface area (Å²) in [5.74, 6) is 1.46. The highest BCUT2D eigenvalue weighted by Gasteiger charge is 2.23. The van der Waals surface area contributed by atoms with Gasteiger partial charge in [0.25, 0.3) is 5.91 Å². The van der Waals surface area contributed by atoms with Crippen molar-refractivity contribution >= 4 is 17.2 Å². The Morgan fingerprint density at radius 3 is 2.88 bits per heavy atom. The number of amides is 1. The van der Waals surface area contributed by atoms with Crippen molar-refractivity contribution in [3.05, 3.63) is 76.2 Å². The van der Waals surface area contributed by atoms with Crippen LogP contribution in [0.3, 0.4) is 0 Å². The van der Waals surface area contributed by atoms with Gasteiger partial charge in [-0.05, 0) is 30.3 Å². The Bertz CT molecular complexity index is 878. The molecule has 26 heavy (non-hydrogen) atoms. The summed E-state index contributed by atoms with van der Waals surface area (Å²) in [5, 5.41) is 5.05. The van der Waals surface area contributed by atoms with Crippen LogP contribution in [-0.4, -0.2) is 17.5 Å². The molecular weight excluding hydrogens is 348 g/mol. The molecule has 0 bridgehead atoms. The third-order valence-electron chi connectivity index (χ3n) is 4.25. The number of hydrogen-bond acceptors (Lipinski definition) is 5. The molecule has 2 aromatic carbocycles. The fourth-order valence-corrected chi connectivity index (χ4v) is 3.45. The Labute approximate surface area is 155 Å². The van der Waals surface area contributed by atoms with E-state index in [1.54, 1.807) is 29.8 Å². The van der Waals surface area contributed by atoms with Crippen LogP contribution in [0.1, 0.15) is 34.1 Å². The largest absolute Gasteiger partial charge is 0.493 e. The molecule has 6 heteroatoms. The maximum absolute atomic E-state index is 12.6. The van der Waals surface area contributed by atoms with E-state index >= 15 is 0 Å². The Morgan fingerprint density at radius 1 is 1.23 bits per heavy atom. The first kappa shape index (κ1) is 16.6. The van der Waals surface area contributed by atoms with E-state index in [0.717, 1.165) is 23.4 Å². The van der Waals surface area contributed by atoms with Crippen LogP contribution in [-0.2, 0) is 6.61 Å². The van der Waals surface area contributed by atoms with Gasteiger partial charge in [-0.1, -0.05) is 18.2 Å². The highest BCUT2D eigenvalue weighted by atomic mass is 32.1. The Balaban J connectivity index is 1.39. The number of thiazole rings is 1.